The molecule has 0 unspecified atom stereocenters. The van der Waals surface area contributed by atoms with Gasteiger partial charge < -0.3 is 9.64 Å². The standard InChI is InChI=1S/C18H15NO2S/c1-21-13-6-7-17-14(10-13)18(20)16(11-22-17)19-9-8-12-4-2-3-5-15(12)19/h2-7,10-11H,8-9H2,1H3. The van der Waals surface area contributed by atoms with Crippen molar-refractivity contribution in [1.29, 1.82) is 0 Å². The summed E-state index contributed by atoms with van der Waals surface area (Å²) in [5, 5.41) is 2.70. The van der Waals surface area contributed by atoms with Crippen LogP contribution in [0.2, 0.25) is 0 Å². The zero-order valence-electron chi connectivity index (χ0n) is 12.2. The van der Waals surface area contributed by atoms with Crippen LogP contribution in [0, 0.1) is 0 Å². The molecule has 2 heterocycles. The first kappa shape index (κ1) is 13.3. The summed E-state index contributed by atoms with van der Waals surface area (Å²) in [4.78, 5) is 15.0. The molecule has 0 aliphatic carbocycles. The average molecular weight is 309 g/mol. The molecule has 4 heteroatoms. The number of anilines is 2. The summed E-state index contributed by atoms with van der Waals surface area (Å²) in [6, 6.07) is 14.0. The molecule has 1 aliphatic heterocycles. The predicted molar refractivity (Wildman–Crippen MR) is 91.8 cm³/mol. The van der Waals surface area contributed by atoms with Crippen LogP contribution in [-0.4, -0.2) is 13.7 Å². The molecule has 2 aromatic carbocycles. The number of ether oxygens (including phenoxy) is 1. The second-order valence-electron chi connectivity index (χ2n) is 5.34. The van der Waals surface area contributed by atoms with Crippen molar-refractivity contribution in [2.24, 2.45) is 0 Å². The first-order chi connectivity index (χ1) is 10.8. The molecule has 0 N–H and O–H groups in total. The fourth-order valence-electron chi connectivity index (χ4n) is 3.00. The van der Waals surface area contributed by atoms with E-state index in [0.29, 0.717) is 0 Å². The molecule has 22 heavy (non-hydrogen) atoms. The topological polar surface area (TPSA) is 29.5 Å². The van der Waals surface area contributed by atoms with E-state index in [1.807, 2.05) is 35.7 Å². The van der Waals surface area contributed by atoms with E-state index < -0.39 is 0 Å². The molecule has 0 saturated carbocycles. The maximum atomic E-state index is 12.9. The van der Waals surface area contributed by atoms with E-state index in [0.717, 1.165) is 40.2 Å². The Morgan fingerprint density at radius 3 is 2.86 bits per heavy atom. The lowest BCUT2D eigenvalue weighted by molar-refractivity contribution is 0.415. The Hall–Kier alpha value is -2.33. The largest absolute Gasteiger partial charge is 0.497 e. The van der Waals surface area contributed by atoms with Gasteiger partial charge in [0.1, 0.15) is 5.75 Å². The molecule has 4 rings (SSSR count). The lowest BCUT2D eigenvalue weighted by Crippen LogP contribution is -2.20. The molecule has 0 radical (unpaired) electrons. The minimum absolute atomic E-state index is 0.0735. The number of rotatable bonds is 2. The molecular weight excluding hydrogens is 294 g/mol. The molecule has 1 aliphatic rings. The van der Waals surface area contributed by atoms with Crippen molar-refractivity contribution in [3.05, 3.63) is 63.6 Å². The van der Waals surface area contributed by atoms with Gasteiger partial charge in [0.25, 0.3) is 0 Å². The molecule has 3 aromatic rings. The normalized spacial score (nSPS) is 13.4. The number of benzene rings is 2. The van der Waals surface area contributed by atoms with Gasteiger partial charge in [0.2, 0.25) is 5.43 Å². The molecule has 0 bridgehead atoms. The van der Waals surface area contributed by atoms with Gasteiger partial charge in [-0.2, -0.15) is 0 Å². The summed E-state index contributed by atoms with van der Waals surface area (Å²) in [7, 11) is 1.62. The molecule has 0 amide bonds. The summed E-state index contributed by atoms with van der Waals surface area (Å²) in [5.74, 6) is 0.718. The van der Waals surface area contributed by atoms with Crippen molar-refractivity contribution >= 4 is 32.8 Å². The van der Waals surface area contributed by atoms with E-state index in [9.17, 15) is 4.79 Å². The van der Waals surface area contributed by atoms with Gasteiger partial charge in [-0.25, -0.2) is 0 Å². The molecule has 0 spiro atoms. The van der Waals surface area contributed by atoms with E-state index in [1.54, 1.807) is 18.4 Å². The average Bonchev–Trinajstić information content (AvgIpc) is 2.99. The second kappa shape index (κ2) is 5.14. The van der Waals surface area contributed by atoms with Gasteiger partial charge in [-0.1, -0.05) is 18.2 Å². The van der Waals surface area contributed by atoms with E-state index in [1.165, 1.54) is 5.56 Å². The van der Waals surface area contributed by atoms with Crippen LogP contribution in [0.5, 0.6) is 5.75 Å². The Morgan fingerprint density at radius 1 is 1.14 bits per heavy atom. The van der Waals surface area contributed by atoms with Crippen LogP contribution in [0.3, 0.4) is 0 Å². The van der Waals surface area contributed by atoms with Gasteiger partial charge in [-0.15, -0.1) is 11.3 Å². The third-order valence-electron chi connectivity index (χ3n) is 4.14. The van der Waals surface area contributed by atoms with Crippen molar-refractivity contribution in [2.75, 3.05) is 18.6 Å². The van der Waals surface area contributed by atoms with Crippen LogP contribution in [0.1, 0.15) is 5.56 Å². The second-order valence-corrected chi connectivity index (χ2v) is 6.25. The van der Waals surface area contributed by atoms with Crippen molar-refractivity contribution < 1.29 is 4.74 Å². The molecule has 0 saturated heterocycles. The summed E-state index contributed by atoms with van der Waals surface area (Å²) in [6.45, 7) is 0.858. The Balaban J connectivity index is 1.90. The minimum atomic E-state index is 0.0735. The molecule has 0 fully saturated rings. The van der Waals surface area contributed by atoms with Crippen molar-refractivity contribution in [1.82, 2.24) is 0 Å². The van der Waals surface area contributed by atoms with E-state index in [2.05, 4.69) is 17.0 Å². The Morgan fingerprint density at radius 2 is 2.00 bits per heavy atom. The Labute approximate surface area is 132 Å². The molecule has 110 valence electrons. The highest BCUT2D eigenvalue weighted by Crippen LogP contribution is 2.34. The van der Waals surface area contributed by atoms with Crippen molar-refractivity contribution in [2.45, 2.75) is 6.42 Å². The lowest BCUT2D eigenvalue weighted by atomic mass is 10.2. The molecule has 1 aromatic heterocycles. The van der Waals surface area contributed by atoms with Crippen LogP contribution in [0.15, 0.2) is 52.6 Å². The Bertz CT molecular complexity index is 916. The van der Waals surface area contributed by atoms with Gasteiger partial charge in [-0.05, 0) is 36.2 Å². The first-order valence-corrected chi connectivity index (χ1v) is 8.11. The van der Waals surface area contributed by atoms with Gasteiger partial charge in [0.15, 0.2) is 0 Å². The highest BCUT2D eigenvalue weighted by atomic mass is 32.1. The van der Waals surface area contributed by atoms with E-state index in [4.69, 9.17) is 4.74 Å². The Kier molecular flexibility index (Phi) is 3.12. The van der Waals surface area contributed by atoms with Gasteiger partial charge in [0, 0.05) is 27.7 Å². The summed E-state index contributed by atoms with van der Waals surface area (Å²) in [6.07, 6.45) is 0.983. The van der Waals surface area contributed by atoms with Crippen LogP contribution >= 0.6 is 11.3 Å². The van der Waals surface area contributed by atoms with Crippen LogP contribution in [0.25, 0.3) is 10.1 Å². The smallest absolute Gasteiger partial charge is 0.211 e. The first-order valence-electron chi connectivity index (χ1n) is 7.23. The fraction of sp³-hybridized carbons (Fsp3) is 0.167. The summed E-state index contributed by atoms with van der Waals surface area (Å²) in [5.41, 5.74) is 3.28. The number of hydrogen-bond acceptors (Lipinski definition) is 4. The number of hydrogen-bond donors (Lipinski definition) is 0. The number of nitrogens with zero attached hydrogens (tertiary/aromatic N) is 1. The van der Waals surface area contributed by atoms with E-state index in [-0.39, 0.29) is 5.43 Å². The van der Waals surface area contributed by atoms with Crippen LogP contribution in [0.4, 0.5) is 11.4 Å². The zero-order valence-corrected chi connectivity index (χ0v) is 13.0. The van der Waals surface area contributed by atoms with Crippen LogP contribution in [-0.2, 0) is 6.42 Å². The lowest BCUT2D eigenvalue weighted by Gasteiger charge is -2.18. The zero-order chi connectivity index (χ0) is 15.1. The summed E-state index contributed by atoms with van der Waals surface area (Å²) >= 11 is 1.60. The van der Waals surface area contributed by atoms with Gasteiger partial charge >= 0.3 is 0 Å². The van der Waals surface area contributed by atoms with Gasteiger partial charge in [-0.3, -0.25) is 4.79 Å². The predicted octanol–water partition coefficient (Wildman–Crippen LogP) is 3.96. The van der Waals surface area contributed by atoms with Crippen molar-refractivity contribution in [3.63, 3.8) is 0 Å². The SMILES string of the molecule is COc1ccc2scc(N3CCc4ccccc43)c(=O)c2c1. The number of fused-ring (bicyclic) bond motifs is 2. The highest BCUT2D eigenvalue weighted by molar-refractivity contribution is 7.16. The minimum Gasteiger partial charge on any atom is -0.497 e. The summed E-state index contributed by atoms with van der Waals surface area (Å²) < 4.78 is 6.24. The maximum absolute atomic E-state index is 12.9. The van der Waals surface area contributed by atoms with Crippen molar-refractivity contribution in [3.8, 4) is 5.75 Å². The van der Waals surface area contributed by atoms with E-state index >= 15 is 0 Å². The monoisotopic (exact) mass is 309 g/mol. The molecule has 0 atom stereocenters. The number of para-hydroxylation sites is 1. The maximum Gasteiger partial charge on any atom is 0.211 e. The third kappa shape index (κ3) is 1.99. The van der Waals surface area contributed by atoms with Gasteiger partial charge in [0.05, 0.1) is 12.8 Å². The fourth-order valence-corrected chi connectivity index (χ4v) is 3.90. The molecule has 3 nitrogen and oxygen atoms in total. The number of methoxy groups -OCH3 is 1. The quantitative estimate of drug-likeness (QED) is 0.717. The van der Waals surface area contributed by atoms with Crippen LogP contribution < -0.4 is 15.1 Å². The molecular formula is C18H15NO2S. The third-order valence-corrected chi connectivity index (χ3v) is 5.09. The highest BCUT2D eigenvalue weighted by Gasteiger charge is 2.22.